The van der Waals surface area contributed by atoms with Gasteiger partial charge in [0, 0.05) is 6.42 Å². The molecule has 0 bridgehead atoms. The van der Waals surface area contributed by atoms with Crippen LogP contribution in [0.15, 0.2) is 24.3 Å². The van der Waals surface area contributed by atoms with Crippen LogP contribution >= 0.6 is 0 Å². The lowest BCUT2D eigenvalue weighted by Crippen LogP contribution is -2.07. The highest BCUT2D eigenvalue weighted by molar-refractivity contribution is 5.72. The Labute approximate surface area is 108 Å². The summed E-state index contributed by atoms with van der Waals surface area (Å²) < 4.78 is 4.84. The number of aryl methyl sites for hydroxylation is 1. The number of carboxylic acids is 1. The van der Waals surface area contributed by atoms with Crippen LogP contribution < -0.4 is 0 Å². The Bertz CT molecular complexity index is 381. The molecule has 1 aromatic rings. The summed E-state index contributed by atoms with van der Waals surface area (Å²) in [6.07, 6.45) is 0.888. The molecule has 0 saturated carbocycles. The van der Waals surface area contributed by atoms with Crippen molar-refractivity contribution in [1.29, 1.82) is 0 Å². The van der Waals surface area contributed by atoms with Crippen molar-refractivity contribution in [2.75, 3.05) is 6.61 Å². The summed E-state index contributed by atoms with van der Waals surface area (Å²) in [7, 11) is 0. The fourth-order valence-corrected chi connectivity index (χ4v) is 1.45. The van der Waals surface area contributed by atoms with E-state index in [1.54, 1.807) is 6.92 Å². The second-order valence-electron chi connectivity index (χ2n) is 3.69. The molecule has 0 aromatic heterocycles. The lowest BCUT2D eigenvalue weighted by atomic mass is 10.1. The van der Waals surface area contributed by atoms with E-state index in [2.05, 4.69) is 0 Å². The van der Waals surface area contributed by atoms with Gasteiger partial charge in [-0.1, -0.05) is 31.7 Å². The van der Waals surface area contributed by atoms with Gasteiger partial charge in [-0.15, -0.1) is 0 Å². The molecule has 0 aliphatic heterocycles. The van der Waals surface area contributed by atoms with Crippen molar-refractivity contribution in [3.05, 3.63) is 35.4 Å². The molecular formula is C14H20O4. The molecule has 0 heterocycles. The van der Waals surface area contributed by atoms with Crippen molar-refractivity contribution in [2.24, 2.45) is 0 Å². The van der Waals surface area contributed by atoms with Gasteiger partial charge in [-0.3, -0.25) is 9.59 Å². The first-order valence-electron chi connectivity index (χ1n) is 5.57. The Morgan fingerprint density at radius 2 is 1.72 bits per heavy atom. The number of ether oxygens (including phenoxy) is 1. The number of rotatable bonds is 6. The number of aliphatic carboxylic acids is 1. The van der Waals surface area contributed by atoms with Crippen molar-refractivity contribution >= 4 is 11.9 Å². The summed E-state index contributed by atoms with van der Waals surface area (Å²) in [5.41, 5.74) is 1.84. The van der Waals surface area contributed by atoms with Gasteiger partial charge in [0.1, 0.15) is 0 Å². The normalized spacial score (nSPS) is 9.39. The van der Waals surface area contributed by atoms with Gasteiger partial charge in [0.2, 0.25) is 0 Å². The monoisotopic (exact) mass is 252 g/mol. The second-order valence-corrected chi connectivity index (χ2v) is 3.69. The minimum Gasteiger partial charge on any atom is -0.481 e. The SMILES string of the molecule is C.CCOC(=O)Cc1ccc(CCC(=O)O)cc1. The van der Waals surface area contributed by atoms with Gasteiger partial charge in [-0.25, -0.2) is 0 Å². The third-order valence-corrected chi connectivity index (χ3v) is 2.30. The van der Waals surface area contributed by atoms with Gasteiger partial charge in [-0.2, -0.15) is 0 Å². The first-order chi connectivity index (χ1) is 8.11. The van der Waals surface area contributed by atoms with Crippen molar-refractivity contribution in [3.63, 3.8) is 0 Å². The minimum absolute atomic E-state index is 0. The molecular weight excluding hydrogens is 232 g/mol. The zero-order chi connectivity index (χ0) is 12.7. The number of carbonyl (C=O) groups is 2. The number of carboxylic acid groups (broad SMARTS) is 1. The molecule has 1 N–H and O–H groups in total. The average molecular weight is 252 g/mol. The molecule has 0 unspecified atom stereocenters. The van der Waals surface area contributed by atoms with Crippen molar-refractivity contribution in [3.8, 4) is 0 Å². The van der Waals surface area contributed by atoms with Gasteiger partial charge >= 0.3 is 11.9 Å². The summed E-state index contributed by atoms with van der Waals surface area (Å²) in [4.78, 5) is 21.6. The molecule has 0 aliphatic carbocycles. The number of hydrogen-bond acceptors (Lipinski definition) is 3. The van der Waals surface area contributed by atoms with Gasteiger partial charge < -0.3 is 9.84 Å². The molecule has 0 fully saturated rings. The van der Waals surface area contributed by atoms with Crippen molar-refractivity contribution < 1.29 is 19.4 Å². The molecule has 18 heavy (non-hydrogen) atoms. The Balaban J connectivity index is 0.00000289. The van der Waals surface area contributed by atoms with Gasteiger partial charge in [0.25, 0.3) is 0 Å². The molecule has 4 heteroatoms. The Morgan fingerprint density at radius 3 is 2.22 bits per heavy atom. The first-order valence-corrected chi connectivity index (χ1v) is 5.57. The van der Waals surface area contributed by atoms with Gasteiger partial charge in [0.15, 0.2) is 0 Å². The van der Waals surface area contributed by atoms with E-state index in [4.69, 9.17) is 9.84 Å². The van der Waals surface area contributed by atoms with E-state index < -0.39 is 5.97 Å². The summed E-state index contributed by atoms with van der Waals surface area (Å²) in [6.45, 7) is 2.16. The molecule has 0 spiro atoms. The minimum atomic E-state index is -0.805. The fraction of sp³-hybridized carbons (Fsp3) is 0.429. The molecule has 0 atom stereocenters. The molecule has 0 aliphatic rings. The highest BCUT2D eigenvalue weighted by Gasteiger charge is 2.04. The van der Waals surface area contributed by atoms with Crippen LogP contribution in [0.5, 0.6) is 0 Å². The zero-order valence-corrected chi connectivity index (χ0v) is 9.81. The van der Waals surface area contributed by atoms with Crippen LogP contribution in [0.1, 0.15) is 31.9 Å². The number of esters is 1. The maximum Gasteiger partial charge on any atom is 0.310 e. The summed E-state index contributed by atoms with van der Waals surface area (Å²) in [5.74, 6) is -1.05. The van der Waals surface area contributed by atoms with E-state index in [0.29, 0.717) is 13.0 Å². The van der Waals surface area contributed by atoms with Gasteiger partial charge in [-0.05, 0) is 24.5 Å². The largest absolute Gasteiger partial charge is 0.481 e. The quantitative estimate of drug-likeness (QED) is 0.790. The van der Waals surface area contributed by atoms with Crippen molar-refractivity contribution in [1.82, 2.24) is 0 Å². The van der Waals surface area contributed by atoms with E-state index in [-0.39, 0.29) is 26.2 Å². The van der Waals surface area contributed by atoms with Crippen LogP contribution in [-0.4, -0.2) is 23.7 Å². The highest BCUT2D eigenvalue weighted by atomic mass is 16.5. The Hall–Kier alpha value is -1.84. The molecule has 0 amide bonds. The fourth-order valence-electron chi connectivity index (χ4n) is 1.45. The summed E-state index contributed by atoms with van der Waals surface area (Å²) >= 11 is 0. The van der Waals surface area contributed by atoms with Crippen LogP contribution in [0.4, 0.5) is 0 Å². The first kappa shape index (κ1) is 16.2. The second kappa shape index (κ2) is 8.28. The average Bonchev–Trinajstić information content (AvgIpc) is 2.28. The van der Waals surface area contributed by atoms with E-state index >= 15 is 0 Å². The molecule has 100 valence electrons. The molecule has 1 rings (SSSR count). The number of carbonyl (C=O) groups excluding carboxylic acids is 1. The third-order valence-electron chi connectivity index (χ3n) is 2.30. The zero-order valence-electron chi connectivity index (χ0n) is 9.81. The molecule has 0 radical (unpaired) electrons. The van der Waals surface area contributed by atoms with E-state index in [1.165, 1.54) is 0 Å². The van der Waals surface area contributed by atoms with Crippen molar-refractivity contribution in [2.45, 2.75) is 33.6 Å². The Kier molecular flexibility index (Phi) is 7.43. The smallest absolute Gasteiger partial charge is 0.310 e. The third kappa shape index (κ3) is 6.03. The number of benzene rings is 1. The van der Waals surface area contributed by atoms with E-state index in [9.17, 15) is 9.59 Å². The molecule has 0 saturated heterocycles. The topological polar surface area (TPSA) is 63.6 Å². The van der Waals surface area contributed by atoms with E-state index in [0.717, 1.165) is 11.1 Å². The number of hydrogen-bond donors (Lipinski definition) is 1. The maximum atomic E-state index is 11.2. The van der Waals surface area contributed by atoms with Crippen LogP contribution in [0, 0.1) is 0 Å². The van der Waals surface area contributed by atoms with Gasteiger partial charge in [0.05, 0.1) is 13.0 Å². The predicted octanol–water partition coefficient (Wildman–Crippen LogP) is 2.45. The summed E-state index contributed by atoms with van der Waals surface area (Å²) in [5, 5.41) is 8.55. The standard InChI is InChI=1S/C13H16O4.CH4/c1-2-17-13(16)9-11-5-3-10(4-6-11)7-8-12(14)15;/h3-6H,2,7-9H2,1H3,(H,14,15);1H4. The lowest BCUT2D eigenvalue weighted by Gasteiger charge is -2.03. The molecule has 4 nitrogen and oxygen atoms in total. The predicted molar refractivity (Wildman–Crippen MR) is 69.5 cm³/mol. The summed E-state index contributed by atoms with van der Waals surface area (Å²) in [6, 6.07) is 7.34. The van der Waals surface area contributed by atoms with Crippen LogP contribution in [-0.2, 0) is 27.2 Å². The van der Waals surface area contributed by atoms with Crippen LogP contribution in [0.2, 0.25) is 0 Å². The maximum absolute atomic E-state index is 11.2. The lowest BCUT2D eigenvalue weighted by molar-refractivity contribution is -0.142. The van der Waals surface area contributed by atoms with Crippen LogP contribution in [0.25, 0.3) is 0 Å². The Morgan fingerprint density at radius 1 is 1.17 bits per heavy atom. The van der Waals surface area contributed by atoms with E-state index in [1.807, 2.05) is 24.3 Å². The van der Waals surface area contributed by atoms with Crippen LogP contribution in [0.3, 0.4) is 0 Å². The highest BCUT2D eigenvalue weighted by Crippen LogP contribution is 2.08. The molecule has 1 aromatic carbocycles.